The average Bonchev–Trinajstić information content (AvgIpc) is 2.69. The Morgan fingerprint density at radius 1 is 1.32 bits per heavy atom. The first-order chi connectivity index (χ1) is 13.4. The smallest absolute Gasteiger partial charge is 0.0468 e. The number of piperidine rings is 1. The molecule has 4 heteroatoms. The minimum Gasteiger partial charge on any atom is -0.298 e. The second kappa shape index (κ2) is 10.8. The van der Waals surface area contributed by atoms with Crippen LogP contribution in [0.3, 0.4) is 0 Å². The molecular formula is C24H34ClN3. The first kappa shape index (κ1) is 22.6. The lowest BCUT2D eigenvalue weighted by atomic mass is 9.94. The van der Waals surface area contributed by atoms with E-state index in [9.17, 15) is 0 Å². The molecule has 1 aliphatic heterocycles. The Hall–Kier alpha value is -1.68. The van der Waals surface area contributed by atoms with Crippen molar-refractivity contribution in [1.82, 2.24) is 9.80 Å². The molecule has 152 valence electrons. The predicted octanol–water partition coefficient (Wildman–Crippen LogP) is 5.69. The van der Waals surface area contributed by atoms with Gasteiger partial charge in [-0.2, -0.15) is 0 Å². The van der Waals surface area contributed by atoms with E-state index in [4.69, 9.17) is 11.6 Å². The fourth-order valence-electron chi connectivity index (χ4n) is 4.05. The van der Waals surface area contributed by atoms with Crippen molar-refractivity contribution in [3.8, 4) is 0 Å². The fraction of sp³-hybridized carbons (Fsp3) is 0.458. The molecular weight excluding hydrogens is 366 g/mol. The van der Waals surface area contributed by atoms with Crippen molar-refractivity contribution in [3.63, 3.8) is 0 Å². The summed E-state index contributed by atoms with van der Waals surface area (Å²) in [5.41, 5.74) is 4.69. The topological polar surface area (TPSA) is 18.8 Å². The van der Waals surface area contributed by atoms with E-state index in [0.717, 1.165) is 43.2 Å². The quantitative estimate of drug-likeness (QED) is 0.413. The Kier molecular flexibility index (Phi) is 8.68. The van der Waals surface area contributed by atoms with Crippen molar-refractivity contribution in [2.75, 3.05) is 26.7 Å². The van der Waals surface area contributed by atoms with E-state index in [1.54, 1.807) is 0 Å². The lowest BCUT2D eigenvalue weighted by molar-refractivity contribution is 0.118. The lowest BCUT2D eigenvalue weighted by Gasteiger charge is -2.40. The highest BCUT2D eigenvalue weighted by Gasteiger charge is 2.26. The van der Waals surface area contributed by atoms with Crippen LogP contribution in [0.5, 0.6) is 0 Å². The van der Waals surface area contributed by atoms with Crippen molar-refractivity contribution in [2.45, 2.75) is 45.7 Å². The number of allylic oxidation sites excluding steroid dienone is 1. The number of halogens is 1. The maximum absolute atomic E-state index is 6.04. The van der Waals surface area contributed by atoms with Crippen LogP contribution in [0.1, 0.15) is 39.2 Å². The lowest BCUT2D eigenvalue weighted by Crippen LogP contribution is -2.47. The third-order valence-electron chi connectivity index (χ3n) is 5.79. The zero-order valence-corrected chi connectivity index (χ0v) is 18.5. The Morgan fingerprint density at radius 2 is 1.93 bits per heavy atom. The van der Waals surface area contributed by atoms with Crippen LogP contribution in [0.4, 0.5) is 0 Å². The molecule has 1 fully saturated rings. The van der Waals surface area contributed by atoms with Crippen LogP contribution in [0, 0.1) is 0 Å². The van der Waals surface area contributed by atoms with E-state index in [0.29, 0.717) is 12.1 Å². The van der Waals surface area contributed by atoms with Gasteiger partial charge in [0.15, 0.2) is 0 Å². The van der Waals surface area contributed by atoms with E-state index in [1.807, 2.05) is 31.3 Å². The summed E-state index contributed by atoms with van der Waals surface area (Å²) in [6, 6.07) is 8.99. The first-order valence-electron chi connectivity index (χ1n) is 10.1. The van der Waals surface area contributed by atoms with Gasteiger partial charge < -0.3 is 0 Å². The van der Waals surface area contributed by atoms with Crippen LogP contribution < -0.4 is 0 Å². The normalized spacial score (nSPS) is 18.4. The monoisotopic (exact) mass is 399 g/mol. The van der Waals surface area contributed by atoms with Gasteiger partial charge in [0.1, 0.15) is 0 Å². The van der Waals surface area contributed by atoms with Crippen LogP contribution >= 0.6 is 11.6 Å². The molecule has 0 spiro atoms. The highest BCUT2D eigenvalue weighted by atomic mass is 35.5. The zero-order chi connectivity index (χ0) is 20.7. The second-order valence-corrected chi connectivity index (χ2v) is 8.04. The molecule has 1 aromatic rings. The fourth-order valence-corrected chi connectivity index (χ4v) is 4.18. The van der Waals surface area contributed by atoms with E-state index in [1.165, 1.54) is 16.7 Å². The van der Waals surface area contributed by atoms with Gasteiger partial charge in [-0.15, -0.1) is 0 Å². The molecule has 0 saturated carbocycles. The maximum Gasteiger partial charge on any atom is 0.0468 e. The SMILES string of the molecule is C=C/C(=C(\C)c1ccc(Cl)cc1)C(C)N1CCC(N(C)CC(=C)N=CC)CC1. The predicted molar refractivity (Wildman–Crippen MR) is 124 cm³/mol. The van der Waals surface area contributed by atoms with Gasteiger partial charge in [0, 0.05) is 48.7 Å². The highest BCUT2D eigenvalue weighted by Crippen LogP contribution is 2.27. The summed E-state index contributed by atoms with van der Waals surface area (Å²) in [6.45, 7) is 17.5. The Labute approximate surface area is 176 Å². The van der Waals surface area contributed by atoms with Crippen molar-refractivity contribution < 1.29 is 0 Å². The van der Waals surface area contributed by atoms with Crippen molar-refractivity contribution in [3.05, 3.63) is 65.4 Å². The minimum absolute atomic E-state index is 0.346. The summed E-state index contributed by atoms with van der Waals surface area (Å²) in [6.07, 6.45) is 6.15. The van der Waals surface area contributed by atoms with Gasteiger partial charge in [0.25, 0.3) is 0 Å². The van der Waals surface area contributed by atoms with Gasteiger partial charge in [-0.25, -0.2) is 0 Å². The van der Waals surface area contributed by atoms with E-state index in [-0.39, 0.29) is 0 Å². The van der Waals surface area contributed by atoms with Crippen molar-refractivity contribution in [1.29, 1.82) is 0 Å². The van der Waals surface area contributed by atoms with E-state index < -0.39 is 0 Å². The van der Waals surface area contributed by atoms with Crippen LogP contribution in [0.15, 0.2) is 59.8 Å². The number of likely N-dealkylation sites (tertiary alicyclic amines) is 1. The summed E-state index contributed by atoms with van der Waals surface area (Å²) in [7, 11) is 2.18. The molecule has 0 radical (unpaired) electrons. The Bertz CT molecular complexity index is 725. The zero-order valence-electron chi connectivity index (χ0n) is 17.8. The van der Waals surface area contributed by atoms with Crippen LogP contribution in [-0.2, 0) is 0 Å². The Balaban J connectivity index is 2.02. The molecule has 2 rings (SSSR count). The minimum atomic E-state index is 0.346. The Morgan fingerprint density at radius 3 is 2.46 bits per heavy atom. The molecule has 1 unspecified atom stereocenters. The summed E-state index contributed by atoms with van der Waals surface area (Å²) < 4.78 is 0. The van der Waals surface area contributed by atoms with E-state index >= 15 is 0 Å². The summed E-state index contributed by atoms with van der Waals surface area (Å²) in [5.74, 6) is 0. The van der Waals surface area contributed by atoms with Gasteiger partial charge in [0.05, 0.1) is 0 Å². The molecule has 0 bridgehead atoms. The molecule has 0 aliphatic carbocycles. The standard InChI is InChI=1S/C24H34ClN3/c1-7-24(19(4)21-9-11-22(25)12-10-21)20(5)28-15-13-23(14-16-28)27(6)17-18(3)26-8-2/h7-12,20,23H,1,3,13-17H2,2,4-6H3/b24-19-,26-8?. The molecule has 1 aliphatic rings. The average molecular weight is 400 g/mol. The molecule has 1 aromatic carbocycles. The number of benzene rings is 1. The summed E-state index contributed by atoms with van der Waals surface area (Å²) in [4.78, 5) is 9.25. The third kappa shape index (κ3) is 5.91. The molecule has 28 heavy (non-hydrogen) atoms. The molecule has 1 atom stereocenters. The highest BCUT2D eigenvalue weighted by molar-refractivity contribution is 6.30. The van der Waals surface area contributed by atoms with Gasteiger partial charge in [0.2, 0.25) is 0 Å². The van der Waals surface area contributed by atoms with Crippen molar-refractivity contribution in [2.24, 2.45) is 4.99 Å². The molecule has 1 heterocycles. The number of hydrogen-bond donors (Lipinski definition) is 0. The second-order valence-electron chi connectivity index (χ2n) is 7.60. The number of rotatable bonds is 8. The van der Waals surface area contributed by atoms with Crippen molar-refractivity contribution >= 4 is 23.4 Å². The largest absolute Gasteiger partial charge is 0.298 e. The van der Waals surface area contributed by atoms with Gasteiger partial charge >= 0.3 is 0 Å². The van der Waals surface area contributed by atoms with E-state index in [2.05, 4.69) is 61.0 Å². The van der Waals surface area contributed by atoms with Crippen LogP contribution in [-0.4, -0.2) is 54.8 Å². The number of likely N-dealkylation sites (N-methyl/N-ethyl adjacent to an activating group) is 1. The number of nitrogens with zero attached hydrogens (tertiary/aromatic N) is 3. The van der Waals surface area contributed by atoms with Gasteiger partial charge in [-0.1, -0.05) is 43.0 Å². The molecule has 1 saturated heterocycles. The molecule has 0 aromatic heterocycles. The first-order valence-corrected chi connectivity index (χ1v) is 10.4. The summed E-state index contributed by atoms with van der Waals surface area (Å²) >= 11 is 6.04. The van der Waals surface area contributed by atoms with Crippen LogP contribution in [0.25, 0.3) is 5.57 Å². The third-order valence-corrected chi connectivity index (χ3v) is 6.05. The van der Waals surface area contributed by atoms with Gasteiger partial charge in [-0.05, 0) is 69.5 Å². The van der Waals surface area contributed by atoms with Crippen LogP contribution in [0.2, 0.25) is 5.02 Å². The number of hydrogen-bond acceptors (Lipinski definition) is 3. The molecule has 3 nitrogen and oxygen atoms in total. The summed E-state index contributed by atoms with van der Waals surface area (Å²) in [5, 5.41) is 0.767. The maximum atomic E-state index is 6.04. The van der Waals surface area contributed by atoms with Gasteiger partial charge in [-0.3, -0.25) is 14.8 Å². The molecule has 0 N–H and O–H groups in total. The number of aliphatic imine (C=N–C) groups is 1. The molecule has 0 amide bonds.